The second kappa shape index (κ2) is 10.7. The van der Waals surface area contributed by atoms with Crippen LogP contribution in [0.5, 0.6) is 0 Å². The van der Waals surface area contributed by atoms with Crippen LogP contribution >= 0.6 is 0 Å². The van der Waals surface area contributed by atoms with E-state index in [1.807, 2.05) is 30.5 Å². The van der Waals surface area contributed by atoms with Gasteiger partial charge in [-0.2, -0.15) is 5.21 Å². The Balaban J connectivity index is 1.94. The summed E-state index contributed by atoms with van der Waals surface area (Å²) in [6.07, 6.45) is 4.36. The number of unbranched alkanes of at least 4 members (excludes halogenated alkanes) is 1. The van der Waals surface area contributed by atoms with E-state index < -0.39 is 0 Å². The Bertz CT molecular complexity index is 1030. The number of rotatable bonds is 10. The molecule has 32 heavy (non-hydrogen) atoms. The third kappa shape index (κ3) is 5.37. The average Bonchev–Trinajstić information content (AvgIpc) is 3.46. The van der Waals surface area contributed by atoms with E-state index in [2.05, 4.69) is 32.5 Å². The minimum absolute atomic E-state index is 0.208. The number of aromatic amines is 1. The predicted octanol–water partition coefficient (Wildman–Crippen LogP) is 2.88. The molecule has 1 aromatic carbocycles. The lowest BCUT2D eigenvalue weighted by Gasteiger charge is -2.21. The van der Waals surface area contributed by atoms with Gasteiger partial charge in [-0.1, -0.05) is 44.4 Å². The first kappa shape index (κ1) is 23.1. The summed E-state index contributed by atoms with van der Waals surface area (Å²) in [6, 6.07) is 7.15. The summed E-state index contributed by atoms with van der Waals surface area (Å²) >= 11 is 0. The van der Waals surface area contributed by atoms with Gasteiger partial charge in [0, 0.05) is 19.5 Å². The molecule has 1 N–H and O–H groups in total. The van der Waals surface area contributed by atoms with E-state index in [-0.39, 0.29) is 23.7 Å². The van der Waals surface area contributed by atoms with Gasteiger partial charge in [-0.05, 0) is 35.2 Å². The number of nitrogens with one attached hydrogen (secondary N) is 1. The number of aromatic nitrogens is 6. The van der Waals surface area contributed by atoms with Gasteiger partial charge >= 0.3 is 5.97 Å². The van der Waals surface area contributed by atoms with Crippen molar-refractivity contribution < 1.29 is 14.3 Å². The van der Waals surface area contributed by atoms with Crippen LogP contribution in [0, 0.1) is 5.92 Å². The summed E-state index contributed by atoms with van der Waals surface area (Å²) in [6.45, 7) is 7.05. The monoisotopic (exact) mass is 439 g/mol. The van der Waals surface area contributed by atoms with Gasteiger partial charge in [0.1, 0.15) is 11.5 Å². The molecule has 10 nitrogen and oxygen atoms in total. The van der Waals surface area contributed by atoms with Gasteiger partial charge in [0.05, 0.1) is 18.9 Å². The summed E-state index contributed by atoms with van der Waals surface area (Å²) in [5.41, 5.74) is 1.88. The van der Waals surface area contributed by atoms with E-state index in [0.717, 1.165) is 30.7 Å². The van der Waals surface area contributed by atoms with E-state index in [4.69, 9.17) is 4.74 Å². The van der Waals surface area contributed by atoms with Crippen molar-refractivity contribution in [3.05, 3.63) is 53.1 Å². The summed E-state index contributed by atoms with van der Waals surface area (Å²) in [5, 5.41) is 14.0. The number of nitrogens with zero attached hydrogens (tertiary/aromatic N) is 6. The quantitative estimate of drug-likeness (QED) is 0.482. The summed E-state index contributed by atoms with van der Waals surface area (Å²) in [4.78, 5) is 31.3. The van der Waals surface area contributed by atoms with Crippen molar-refractivity contribution in [1.82, 2.24) is 30.2 Å². The standard InChI is InChI=1S/C22H29N7O3/c1-5-6-7-19-23-12-18(20(30)29(13-15(2)3)22-24-26-27-25-22)28(19)14-16-8-10-17(11-9-16)21(31)32-4/h8-12,15H,5-7,13-14H2,1-4H3,(H,24,25,26,27). The Morgan fingerprint density at radius 2 is 1.97 bits per heavy atom. The molecule has 10 heteroatoms. The molecule has 0 fully saturated rings. The SMILES string of the molecule is CCCCc1ncc(C(=O)N(CC(C)C)c2nn[nH]n2)n1Cc1ccc(C(=O)OC)cc1. The Labute approximate surface area is 187 Å². The Hall–Kier alpha value is -3.56. The number of anilines is 1. The van der Waals surface area contributed by atoms with Crippen LogP contribution in [0.1, 0.15) is 65.8 Å². The molecule has 0 spiro atoms. The molecule has 0 unspecified atom stereocenters. The first-order valence-corrected chi connectivity index (χ1v) is 10.7. The molecule has 2 heterocycles. The third-order valence-corrected chi connectivity index (χ3v) is 5.00. The molecule has 170 valence electrons. The maximum Gasteiger partial charge on any atom is 0.337 e. The van der Waals surface area contributed by atoms with Crippen molar-refractivity contribution in [1.29, 1.82) is 0 Å². The number of imidazole rings is 1. The lowest BCUT2D eigenvalue weighted by atomic mass is 10.1. The van der Waals surface area contributed by atoms with E-state index in [1.165, 1.54) is 12.0 Å². The van der Waals surface area contributed by atoms with Crippen LogP contribution in [-0.4, -0.2) is 55.7 Å². The number of H-pyrrole nitrogens is 1. The zero-order chi connectivity index (χ0) is 23.1. The number of carbonyl (C=O) groups excluding carboxylic acids is 2. The fraction of sp³-hybridized carbons (Fsp3) is 0.455. The van der Waals surface area contributed by atoms with Crippen LogP contribution in [0.25, 0.3) is 0 Å². The molecule has 3 rings (SSSR count). The second-order valence-corrected chi connectivity index (χ2v) is 7.96. The highest BCUT2D eigenvalue weighted by molar-refractivity contribution is 6.03. The number of hydrogen-bond acceptors (Lipinski definition) is 7. The number of esters is 1. The van der Waals surface area contributed by atoms with Crippen LogP contribution in [-0.2, 0) is 17.7 Å². The van der Waals surface area contributed by atoms with Crippen LogP contribution in [0.15, 0.2) is 30.5 Å². The number of hydrogen-bond donors (Lipinski definition) is 1. The highest BCUT2D eigenvalue weighted by Gasteiger charge is 2.26. The van der Waals surface area contributed by atoms with Crippen molar-refractivity contribution in [2.45, 2.75) is 46.6 Å². The Morgan fingerprint density at radius 1 is 1.22 bits per heavy atom. The molecule has 2 aromatic heterocycles. The van der Waals surface area contributed by atoms with Gasteiger partial charge in [-0.15, -0.1) is 5.10 Å². The fourth-order valence-electron chi connectivity index (χ4n) is 3.37. The average molecular weight is 440 g/mol. The van der Waals surface area contributed by atoms with Crippen LogP contribution < -0.4 is 4.90 Å². The minimum atomic E-state index is -0.386. The summed E-state index contributed by atoms with van der Waals surface area (Å²) < 4.78 is 6.69. The minimum Gasteiger partial charge on any atom is -0.465 e. The maximum atomic E-state index is 13.5. The van der Waals surface area contributed by atoms with Gasteiger partial charge in [-0.25, -0.2) is 9.78 Å². The molecule has 0 bridgehead atoms. The van der Waals surface area contributed by atoms with E-state index in [1.54, 1.807) is 18.3 Å². The number of ether oxygens (including phenoxy) is 1. The van der Waals surface area contributed by atoms with Crippen molar-refractivity contribution in [3.8, 4) is 0 Å². The van der Waals surface area contributed by atoms with E-state index >= 15 is 0 Å². The topological polar surface area (TPSA) is 119 Å². The van der Waals surface area contributed by atoms with Gasteiger partial charge < -0.3 is 9.30 Å². The maximum absolute atomic E-state index is 13.5. The number of carbonyl (C=O) groups is 2. The molecule has 0 aliphatic carbocycles. The Morgan fingerprint density at radius 3 is 2.56 bits per heavy atom. The largest absolute Gasteiger partial charge is 0.465 e. The summed E-state index contributed by atoms with van der Waals surface area (Å²) in [5.74, 6) is 0.655. The highest BCUT2D eigenvalue weighted by Crippen LogP contribution is 2.18. The Kier molecular flexibility index (Phi) is 7.69. The molecular weight excluding hydrogens is 410 g/mol. The van der Waals surface area contributed by atoms with Crippen LogP contribution in [0.3, 0.4) is 0 Å². The zero-order valence-electron chi connectivity index (χ0n) is 18.9. The molecule has 0 radical (unpaired) electrons. The second-order valence-electron chi connectivity index (χ2n) is 7.96. The molecule has 0 saturated carbocycles. The van der Waals surface area contributed by atoms with Gasteiger partial charge in [0.15, 0.2) is 0 Å². The fourth-order valence-corrected chi connectivity index (χ4v) is 3.37. The van der Waals surface area contributed by atoms with Gasteiger partial charge in [-0.3, -0.25) is 9.69 Å². The molecule has 1 amide bonds. The molecule has 0 atom stereocenters. The van der Waals surface area contributed by atoms with Crippen molar-refractivity contribution in [2.75, 3.05) is 18.6 Å². The normalized spacial score (nSPS) is 11.0. The number of aryl methyl sites for hydroxylation is 1. The lowest BCUT2D eigenvalue weighted by molar-refractivity contribution is 0.0600. The van der Waals surface area contributed by atoms with Crippen molar-refractivity contribution >= 4 is 17.8 Å². The first-order chi connectivity index (χ1) is 15.4. The molecular formula is C22H29N7O3. The molecule has 0 saturated heterocycles. The zero-order valence-corrected chi connectivity index (χ0v) is 18.9. The van der Waals surface area contributed by atoms with Crippen molar-refractivity contribution in [3.63, 3.8) is 0 Å². The highest BCUT2D eigenvalue weighted by atomic mass is 16.5. The first-order valence-electron chi connectivity index (χ1n) is 10.7. The number of tetrazole rings is 1. The lowest BCUT2D eigenvalue weighted by Crippen LogP contribution is -2.36. The van der Waals surface area contributed by atoms with E-state index in [9.17, 15) is 9.59 Å². The number of methoxy groups -OCH3 is 1. The van der Waals surface area contributed by atoms with Gasteiger partial charge in [0.25, 0.3) is 11.9 Å². The van der Waals surface area contributed by atoms with Gasteiger partial charge in [0.2, 0.25) is 0 Å². The number of benzene rings is 1. The van der Waals surface area contributed by atoms with Crippen LogP contribution in [0.4, 0.5) is 5.95 Å². The summed E-state index contributed by atoms with van der Waals surface area (Å²) in [7, 11) is 1.35. The smallest absolute Gasteiger partial charge is 0.337 e. The third-order valence-electron chi connectivity index (χ3n) is 5.00. The molecule has 0 aliphatic heterocycles. The van der Waals surface area contributed by atoms with Crippen molar-refractivity contribution in [2.24, 2.45) is 5.92 Å². The predicted molar refractivity (Wildman–Crippen MR) is 118 cm³/mol. The van der Waals surface area contributed by atoms with Crippen LogP contribution in [0.2, 0.25) is 0 Å². The number of amides is 1. The molecule has 0 aliphatic rings. The molecule has 3 aromatic rings. The van der Waals surface area contributed by atoms with E-state index in [0.29, 0.717) is 24.3 Å².